The Labute approximate surface area is 127 Å². The van der Waals surface area contributed by atoms with Gasteiger partial charge in [0.15, 0.2) is 0 Å². The van der Waals surface area contributed by atoms with Gasteiger partial charge in [0.05, 0.1) is 0 Å². The van der Waals surface area contributed by atoms with E-state index in [4.69, 9.17) is 0 Å². The summed E-state index contributed by atoms with van der Waals surface area (Å²) in [4.78, 5) is 2.58. The summed E-state index contributed by atoms with van der Waals surface area (Å²) in [7, 11) is 0. The van der Waals surface area contributed by atoms with Crippen molar-refractivity contribution in [1.82, 2.24) is 5.32 Å². The minimum Gasteiger partial charge on any atom is -0.313 e. The van der Waals surface area contributed by atoms with Crippen molar-refractivity contribution < 1.29 is 0 Å². The SMILES string of the molecule is CCNCc1ccc(Br)cc1Sc1ccc(C)cc1. The first-order valence-electron chi connectivity index (χ1n) is 6.42. The highest BCUT2D eigenvalue weighted by Crippen LogP contribution is 2.32. The molecule has 0 amide bonds. The van der Waals surface area contributed by atoms with E-state index < -0.39 is 0 Å². The summed E-state index contributed by atoms with van der Waals surface area (Å²) in [6.45, 7) is 6.15. The van der Waals surface area contributed by atoms with Crippen LogP contribution in [-0.4, -0.2) is 6.54 Å². The quantitative estimate of drug-likeness (QED) is 0.823. The predicted molar refractivity (Wildman–Crippen MR) is 86.8 cm³/mol. The van der Waals surface area contributed by atoms with E-state index in [2.05, 4.69) is 77.6 Å². The van der Waals surface area contributed by atoms with Gasteiger partial charge in [0.2, 0.25) is 0 Å². The third kappa shape index (κ3) is 4.37. The second-order valence-corrected chi connectivity index (χ2v) is 6.48. The van der Waals surface area contributed by atoms with Gasteiger partial charge in [-0.2, -0.15) is 0 Å². The van der Waals surface area contributed by atoms with E-state index in [-0.39, 0.29) is 0 Å². The average molecular weight is 336 g/mol. The zero-order valence-electron chi connectivity index (χ0n) is 11.2. The molecule has 0 unspecified atom stereocenters. The summed E-state index contributed by atoms with van der Waals surface area (Å²) < 4.78 is 1.13. The number of rotatable bonds is 5. The van der Waals surface area contributed by atoms with Gasteiger partial charge in [-0.1, -0.05) is 58.4 Å². The van der Waals surface area contributed by atoms with Crippen LogP contribution in [0.3, 0.4) is 0 Å². The minimum atomic E-state index is 0.915. The summed E-state index contributed by atoms with van der Waals surface area (Å²) in [5, 5.41) is 3.39. The van der Waals surface area contributed by atoms with Crippen LogP contribution in [0.1, 0.15) is 18.1 Å². The van der Waals surface area contributed by atoms with Crippen LogP contribution in [0.2, 0.25) is 0 Å². The Morgan fingerprint density at radius 3 is 2.53 bits per heavy atom. The first-order valence-corrected chi connectivity index (χ1v) is 8.03. The van der Waals surface area contributed by atoms with Gasteiger partial charge in [-0.05, 0) is 43.3 Å². The van der Waals surface area contributed by atoms with E-state index in [0.29, 0.717) is 0 Å². The molecule has 1 nitrogen and oxygen atoms in total. The van der Waals surface area contributed by atoms with E-state index in [9.17, 15) is 0 Å². The smallest absolute Gasteiger partial charge is 0.0216 e. The van der Waals surface area contributed by atoms with Gasteiger partial charge in [0.1, 0.15) is 0 Å². The molecule has 0 fully saturated rings. The predicted octanol–water partition coefficient (Wildman–Crippen LogP) is 5.02. The van der Waals surface area contributed by atoms with Crippen LogP contribution in [0.15, 0.2) is 56.7 Å². The molecule has 0 radical (unpaired) electrons. The van der Waals surface area contributed by atoms with Crippen LogP contribution >= 0.6 is 27.7 Å². The molecule has 0 aliphatic heterocycles. The Morgan fingerprint density at radius 1 is 1.11 bits per heavy atom. The fourth-order valence-electron chi connectivity index (χ4n) is 1.76. The van der Waals surface area contributed by atoms with Gasteiger partial charge in [-0.15, -0.1) is 0 Å². The third-order valence-corrected chi connectivity index (χ3v) is 4.44. The minimum absolute atomic E-state index is 0.915. The molecule has 0 saturated carbocycles. The van der Waals surface area contributed by atoms with Crippen molar-refractivity contribution in [2.24, 2.45) is 0 Å². The molecule has 0 aliphatic carbocycles. The van der Waals surface area contributed by atoms with Crippen LogP contribution < -0.4 is 5.32 Å². The van der Waals surface area contributed by atoms with Crippen molar-refractivity contribution in [3.8, 4) is 0 Å². The molecule has 0 aromatic heterocycles. The second-order valence-electron chi connectivity index (χ2n) is 4.45. The fraction of sp³-hybridized carbons (Fsp3) is 0.250. The maximum atomic E-state index is 3.56. The highest BCUT2D eigenvalue weighted by atomic mass is 79.9. The molecule has 2 rings (SSSR count). The molecular weight excluding hydrogens is 318 g/mol. The van der Waals surface area contributed by atoms with Crippen molar-refractivity contribution >= 4 is 27.7 Å². The highest BCUT2D eigenvalue weighted by molar-refractivity contribution is 9.10. The number of aryl methyl sites for hydroxylation is 1. The lowest BCUT2D eigenvalue weighted by Gasteiger charge is -2.10. The molecule has 3 heteroatoms. The largest absolute Gasteiger partial charge is 0.313 e. The maximum absolute atomic E-state index is 3.56. The van der Waals surface area contributed by atoms with Gasteiger partial charge >= 0.3 is 0 Å². The molecule has 1 N–H and O–H groups in total. The molecule has 0 saturated heterocycles. The number of nitrogens with one attached hydrogen (secondary N) is 1. The van der Waals surface area contributed by atoms with E-state index in [1.165, 1.54) is 20.9 Å². The molecule has 100 valence electrons. The average Bonchev–Trinajstić information content (AvgIpc) is 2.40. The van der Waals surface area contributed by atoms with Gasteiger partial charge in [-0.3, -0.25) is 0 Å². The molecule has 0 atom stereocenters. The fourth-order valence-corrected chi connectivity index (χ4v) is 3.26. The van der Waals surface area contributed by atoms with Crippen LogP contribution in [-0.2, 0) is 6.54 Å². The summed E-state index contributed by atoms with van der Waals surface area (Å²) >= 11 is 5.37. The lowest BCUT2D eigenvalue weighted by Crippen LogP contribution is -2.12. The van der Waals surface area contributed by atoms with Gasteiger partial charge in [0.25, 0.3) is 0 Å². The van der Waals surface area contributed by atoms with E-state index in [1.54, 1.807) is 0 Å². The zero-order chi connectivity index (χ0) is 13.7. The molecule has 0 bridgehead atoms. The van der Waals surface area contributed by atoms with E-state index in [1.807, 2.05) is 11.8 Å². The first-order chi connectivity index (χ1) is 9.19. The van der Waals surface area contributed by atoms with Crippen molar-refractivity contribution in [3.63, 3.8) is 0 Å². The van der Waals surface area contributed by atoms with Crippen LogP contribution in [0.25, 0.3) is 0 Å². The molecular formula is C16H18BrNS. The Bertz CT molecular complexity index is 537. The zero-order valence-corrected chi connectivity index (χ0v) is 13.6. The van der Waals surface area contributed by atoms with Gasteiger partial charge < -0.3 is 5.32 Å². The van der Waals surface area contributed by atoms with E-state index >= 15 is 0 Å². The Kier molecular flexibility index (Phi) is 5.49. The third-order valence-electron chi connectivity index (χ3n) is 2.84. The molecule has 0 heterocycles. The number of hydrogen-bond acceptors (Lipinski definition) is 2. The van der Waals surface area contributed by atoms with Crippen LogP contribution in [0.5, 0.6) is 0 Å². The first kappa shape index (κ1) is 14.6. The van der Waals surface area contributed by atoms with Crippen molar-refractivity contribution in [2.45, 2.75) is 30.2 Å². The summed E-state index contributed by atoms with van der Waals surface area (Å²) in [5.74, 6) is 0. The number of benzene rings is 2. The summed E-state index contributed by atoms with van der Waals surface area (Å²) in [6.07, 6.45) is 0. The number of halogens is 1. The van der Waals surface area contributed by atoms with Crippen molar-refractivity contribution in [3.05, 3.63) is 58.1 Å². The topological polar surface area (TPSA) is 12.0 Å². The Hall–Kier alpha value is -0.770. The Balaban J connectivity index is 2.22. The molecule has 0 aliphatic rings. The second kappa shape index (κ2) is 7.13. The van der Waals surface area contributed by atoms with Crippen molar-refractivity contribution in [1.29, 1.82) is 0 Å². The van der Waals surface area contributed by atoms with E-state index in [0.717, 1.165) is 17.6 Å². The van der Waals surface area contributed by atoms with Crippen LogP contribution in [0, 0.1) is 6.92 Å². The van der Waals surface area contributed by atoms with Gasteiger partial charge in [-0.25, -0.2) is 0 Å². The molecule has 19 heavy (non-hydrogen) atoms. The summed E-state index contributed by atoms with van der Waals surface area (Å²) in [5.41, 5.74) is 2.64. The normalized spacial score (nSPS) is 10.7. The highest BCUT2D eigenvalue weighted by Gasteiger charge is 2.05. The maximum Gasteiger partial charge on any atom is 0.0216 e. The van der Waals surface area contributed by atoms with Crippen molar-refractivity contribution in [2.75, 3.05) is 6.54 Å². The Morgan fingerprint density at radius 2 is 1.84 bits per heavy atom. The lowest BCUT2D eigenvalue weighted by atomic mass is 10.2. The van der Waals surface area contributed by atoms with Gasteiger partial charge in [0, 0.05) is 20.8 Å². The summed E-state index contributed by atoms with van der Waals surface area (Å²) in [6, 6.07) is 15.1. The standard InChI is InChI=1S/C16H18BrNS/c1-3-18-11-13-6-7-14(17)10-16(13)19-15-8-4-12(2)5-9-15/h4-10,18H,3,11H2,1-2H3. The van der Waals surface area contributed by atoms with Crippen LogP contribution in [0.4, 0.5) is 0 Å². The monoisotopic (exact) mass is 335 g/mol. The molecule has 2 aromatic carbocycles. The lowest BCUT2D eigenvalue weighted by molar-refractivity contribution is 0.718. The molecule has 2 aromatic rings. The molecule has 0 spiro atoms. The number of hydrogen-bond donors (Lipinski definition) is 1.